The summed E-state index contributed by atoms with van der Waals surface area (Å²) < 4.78 is 10.2. The van der Waals surface area contributed by atoms with E-state index in [1.54, 1.807) is 37.4 Å². The van der Waals surface area contributed by atoms with E-state index in [0.29, 0.717) is 30.2 Å². The molecular weight excluding hydrogens is 358 g/mol. The summed E-state index contributed by atoms with van der Waals surface area (Å²) in [6.07, 6.45) is 1.94. The lowest BCUT2D eigenvalue weighted by molar-refractivity contribution is -0.129. The molecule has 7 heteroatoms. The van der Waals surface area contributed by atoms with Gasteiger partial charge in [0.1, 0.15) is 0 Å². The summed E-state index contributed by atoms with van der Waals surface area (Å²) >= 11 is 5.95. The molecule has 0 saturated carbocycles. The Labute approximate surface area is 155 Å². The number of halogens is 1. The molecule has 6 nitrogen and oxygen atoms in total. The van der Waals surface area contributed by atoms with Crippen molar-refractivity contribution in [1.29, 1.82) is 0 Å². The van der Waals surface area contributed by atoms with E-state index >= 15 is 0 Å². The highest BCUT2D eigenvalue weighted by Gasteiger charge is 2.44. The van der Waals surface area contributed by atoms with Crippen LogP contribution in [0.3, 0.4) is 0 Å². The van der Waals surface area contributed by atoms with Crippen molar-refractivity contribution in [2.24, 2.45) is 0 Å². The second kappa shape index (κ2) is 7.76. The van der Waals surface area contributed by atoms with Crippen LogP contribution in [0.5, 0.6) is 0 Å². The third kappa shape index (κ3) is 3.38. The van der Waals surface area contributed by atoms with Crippen LogP contribution in [0.25, 0.3) is 0 Å². The molecule has 1 aromatic heterocycles. The molecule has 0 unspecified atom stereocenters. The van der Waals surface area contributed by atoms with Crippen molar-refractivity contribution in [2.45, 2.75) is 12.5 Å². The Hall–Kier alpha value is -2.57. The van der Waals surface area contributed by atoms with E-state index in [9.17, 15) is 14.7 Å². The van der Waals surface area contributed by atoms with Gasteiger partial charge >= 0.3 is 0 Å². The topological polar surface area (TPSA) is 80.0 Å². The second-order valence-corrected chi connectivity index (χ2v) is 6.30. The van der Waals surface area contributed by atoms with Crippen LogP contribution >= 0.6 is 11.6 Å². The Bertz CT molecular complexity index is 826. The summed E-state index contributed by atoms with van der Waals surface area (Å²) in [4.78, 5) is 26.9. The van der Waals surface area contributed by atoms with Gasteiger partial charge in [-0.2, -0.15) is 0 Å². The Kier molecular flexibility index (Phi) is 5.44. The van der Waals surface area contributed by atoms with Gasteiger partial charge in [-0.05, 0) is 36.2 Å². The highest BCUT2D eigenvalue weighted by molar-refractivity contribution is 6.30. The zero-order valence-corrected chi connectivity index (χ0v) is 14.9. The first kappa shape index (κ1) is 18.2. The maximum Gasteiger partial charge on any atom is 0.290 e. The summed E-state index contributed by atoms with van der Waals surface area (Å²) in [5.74, 6) is -1.59. The molecule has 0 bridgehead atoms. The molecule has 1 aromatic carbocycles. The van der Waals surface area contributed by atoms with Crippen LogP contribution in [0.2, 0.25) is 5.02 Å². The van der Waals surface area contributed by atoms with E-state index in [-0.39, 0.29) is 11.3 Å². The highest BCUT2D eigenvalue weighted by atomic mass is 35.5. The summed E-state index contributed by atoms with van der Waals surface area (Å²) in [7, 11) is 1.57. The van der Waals surface area contributed by atoms with Gasteiger partial charge in [-0.25, -0.2) is 0 Å². The first-order valence-electron chi connectivity index (χ1n) is 8.11. The van der Waals surface area contributed by atoms with Crippen LogP contribution in [-0.4, -0.2) is 42.0 Å². The van der Waals surface area contributed by atoms with Crippen LogP contribution in [0.15, 0.2) is 58.4 Å². The number of furan rings is 1. The van der Waals surface area contributed by atoms with Gasteiger partial charge in [0.25, 0.3) is 5.91 Å². The lowest BCUT2D eigenvalue weighted by Gasteiger charge is -2.26. The summed E-state index contributed by atoms with van der Waals surface area (Å²) in [6.45, 7) is 0.790. The predicted molar refractivity (Wildman–Crippen MR) is 95.1 cm³/mol. The minimum absolute atomic E-state index is 0.00434. The van der Waals surface area contributed by atoms with E-state index < -0.39 is 23.5 Å². The molecule has 1 aliphatic rings. The van der Waals surface area contributed by atoms with Gasteiger partial charge in [-0.15, -0.1) is 0 Å². The number of carbonyl (C=O) groups is 2. The average molecular weight is 376 g/mol. The first-order valence-corrected chi connectivity index (χ1v) is 8.49. The standard InChI is InChI=1S/C19H18ClNO5/c1-25-10-3-9-21-16(12-5-7-13(20)8-6-12)15(18(23)19(21)24)17(22)14-4-2-11-26-14/h2,4-8,11,16,23H,3,9-10H2,1H3/t16-/m1/s1. The molecule has 136 valence electrons. The lowest BCUT2D eigenvalue weighted by Crippen LogP contribution is -2.32. The number of rotatable bonds is 7. The Balaban J connectivity index is 2.02. The molecule has 1 amide bonds. The monoisotopic (exact) mass is 375 g/mol. The fourth-order valence-electron chi connectivity index (χ4n) is 3.03. The normalized spacial score (nSPS) is 17.2. The van der Waals surface area contributed by atoms with Crippen LogP contribution in [0, 0.1) is 0 Å². The van der Waals surface area contributed by atoms with Gasteiger partial charge in [0.2, 0.25) is 5.78 Å². The van der Waals surface area contributed by atoms with E-state index in [1.807, 2.05) is 0 Å². The quantitative estimate of drug-likeness (QED) is 0.591. The molecular formula is C19H18ClNO5. The number of benzene rings is 1. The smallest absolute Gasteiger partial charge is 0.290 e. The third-order valence-corrected chi connectivity index (χ3v) is 4.48. The van der Waals surface area contributed by atoms with Crippen molar-refractivity contribution in [1.82, 2.24) is 4.90 Å². The number of ketones is 1. The van der Waals surface area contributed by atoms with Crippen LogP contribution in [0.4, 0.5) is 0 Å². The zero-order valence-electron chi connectivity index (χ0n) is 14.1. The molecule has 26 heavy (non-hydrogen) atoms. The molecule has 0 fully saturated rings. The molecule has 1 aliphatic heterocycles. The van der Waals surface area contributed by atoms with Gasteiger partial charge in [-0.1, -0.05) is 23.7 Å². The van der Waals surface area contributed by atoms with Gasteiger partial charge < -0.3 is 19.2 Å². The van der Waals surface area contributed by atoms with E-state index in [1.165, 1.54) is 17.2 Å². The number of aliphatic hydroxyl groups is 1. The minimum atomic E-state index is -0.714. The van der Waals surface area contributed by atoms with Crippen molar-refractivity contribution in [3.63, 3.8) is 0 Å². The number of nitrogens with zero attached hydrogens (tertiary/aromatic N) is 1. The summed E-state index contributed by atoms with van der Waals surface area (Å²) in [5.41, 5.74) is 0.684. The highest BCUT2D eigenvalue weighted by Crippen LogP contribution is 2.39. The molecule has 2 heterocycles. The molecule has 0 spiro atoms. The van der Waals surface area contributed by atoms with Crippen molar-refractivity contribution in [3.05, 3.63) is 70.3 Å². The van der Waals surface area contributed by atoms with Crippen molar-refractivity contribution in [2.75, 3.05) is 20.3 Å². The number of hydrogen-bond acceptors (Lipinski definition) is 5. The van der Waals surface area contributed by atoms with Gasteiger partial charge in [0, 0.05) is 25.3 Å². The predicted octanol–water partition coefficient (Wildman–Crippen LogP) is 3.55. The second-order valence-electron chi connectivity index (χ2n) is 5.87. The first-order chi connectivity index (χ1) is 12.5. The van der Waals surface area contributed by atoms with Gasteiger partial charge in [0.05, 0.1) is 17.9 Å². The molecule has 0 saturated heterocycles. The lowest BCUT2D eigenvalue weighted by atomic mass is 9.95. The van der Waals surface area contributed by atoms with Crippen molar-refractivity contribution < 1.29 is 23.8 Å². The third-order valence-electron chi connectivity index (χ3n) is 4.23. The Morgan fingerprint density at radius 2 is 2.04 bits per heavy atom. The van der Waals surface area contributed by atoms with Crippen molar-refractivity contribution in [3.8, 4) is 0 Å². The fourth-order valence-corrected chi connectivity index (χ4v) is 3.15. The van der Waals surface area contributed by atoms with Crippen molar-refractivity contribution >= 4 is 23.3 Å². The number of ether oxygens (including phenoxy) is 1. The molecule has 1 atom stereocenters. The average Bonchev–Trinajstić information content (AvgIpc) is 3.25. The maximum absolute atomic E-state index is 12.8. The number of aliphatic hydroxyl groups excluding tert-OH is 1. The molecule has 0 aliphatic carbocycles. The maximum atomic E-state index is 12.8. The van der Waals surface area contributed by atoms with Gasteiger partial charge in [-0.3, -0.25) is 9.59 Å². The Morgan fingerprint density at radius 3 is 2.65 bits per heavy atom. The molecule has 2 aromatic rings. The minimum Gasteiger partial charge on any atom is -0.503 e. The number of methoxy groups -OCH3 is 1. The van der Waals surface area contributed by atoms with Gasteiger partial charge in [0.15, 0.2) is 11.5 Å². The van der Waals surface area contributed by atoms with E-state index in [4.69, 9.17) is 20.8 Å². The summed E-state index contributed by atoms with van der Waals surface area (Å²) in [5, 5.41) is 10.9. The zero-order chi connectivity index (χ0) is 18.7. The largest absolute Gasteiger partial charge is 0.503 e. The van der Waals surface area contributed by atoms with E-state index in [2.05, 4.69) is 0 Å². The van der Waals surface area contributed by atoms with Crippen LogP contribution < -0.4 is 0 Å². The molecule has 1 N–H and O–H groups in total. The molecule has 3 rings (SSSR count). The number of Topliss-reactive ketones (excluding diaryl/α,β-unsaturated/α-hetero) is 1. The Morgan fingerprint density at radius 1 is 1.31 bits per heavy atom. The SMILES string of the molecule is COCCCN1C(=O)C(O)=C(C(=O)c2ccco2)[C@H]1c1ccc(Cl)cc1. The molecule has 0 radical (unpaired) electrons. The summed E-state index contributed by atoms with van der Waals surface area (Å²) in [6, 6.07) is 9.19. The number of hydrogen-bond donors (Lipinski definition) is 1. The van der Waals surface area contributed by atoms with Crippen LogP contribution in [-0.2, 0) is 9.53 Å². The fraction of sp³-hybridized carbons (Fsp3) is 0.263. The number of carbonyl (C=O) groups excluding carboxylic acids is 2. The number of amides is 1. The van der Waals surface area contributed by atoms with E-state index in [0.717, 1.165) is 0 Å². The van der Waals surface area contributed by atoms with Crippen LogP contribution in [0.1, 0.15) is 28.6 Å².